The van der Waals surface area contributed by atoms with Gasteiger partial charge in [-0.3, -0.25) is 4.79 Å². The first-order valence-corrected chi connectivity index (χ1v) is 6.38. The maximum atomic E-state index is 11.0. The maximum absolute atomic E-state index is 11.0. The van der Waals surface area contributed by atoms with Gasteiger partial charge >= 0.3 is 0 Å². The third-order valence-corrected chi connectivity index (χ3v) is 3.62. The molecule has 1 saturated carbocycles. The van der Waals surface area contributed by atoms with Crippen molar-refractivity contribution >= 4 is 5.91 Å². The third-order valence-electron chi connectivity index (χ3n) is 3.62. The molecule has 3 unspecified atom stereocenters. The van der Waals surface area contributed by atoms with Crippen molar-refractivity contribution in [2.24, 2.45) is 11.8 Å². The molecule has 0 aromatic rings. The molecule has 1 aliphatic rings. The van der Waals surface area contributed by atoms with Crippen molar-refractivity contribution in [1.82, 2.24) is 5.32 Å². The van der Waals surface area contributed by atoms with Gasteiger partial charge in [-0.1, -0.05) is 33.1 Å². The summed E-state index contributed by atoms with van der Waals surface area (Å²) in [6.45, 7) is 6.22. The average molecular weight is 211 g/mol. The lowest BCUT2D eigenvalue weighted by Crippen LogP contribution is -2.37. The monoisotopic (exact) mass is 211 g/mol. The zero-order valence-electron chi connectivity index (χ0n) is 10.4. The van der Waals surface area contributed by atoms with Gasteiger partial charge in [0, 0.05) is 13.0 Å². The summed E-state index contributed by atoms with van der Waals surface area (Å²) >= 11 is 0. The Balaban J connectivity index is 2.31. The van der Waals surface area contributed by atoms with Crippen LogP contribution in [0.2, 0.25) is 0 Å². The van der Waals surface area contributed by atoms with Gasteiger partial charge in [-0.2, -0.15) is 0 Å². The van der Waals surface area contributed by atoms with Crippen LogP contribution >= 0.6 is 0 Å². The van der Waals surface area contributed by atoms with Gasteiger partial charge in [0.25, 0.3) is 0 Å². The molecule has 15 heavy (non-hydrogen) atoms. The Kier molecular flexibility index (Phi) is 5.13. The molecule has 88 valence electrons. The van der Waals surface area contributed by atoms with Crippen LogP contribution in [0.15, 0.2) is 0 Å². The van der Waals surface area contributed by atoms with Crippen molar-refractivity contribution in [2.45, 2.75) is 65.3 Å². The van der Waals surface area contributed by atoms with Crippen LogP contribution in [0, 0.1) is 11.8 Å². The third kappa shape index (κ3) is 4.67. The molecule has 1 amide bonds. The van der Waals surface area contributed by atoms with Crippen LogP contribution in [0.3, 0.4) is 0 Å². The van der Waals surface area contributed by atoms with E-state index in [0.29, 0.717) is 6.04 Å². The molecule has 0 aromatic carbocycles. The van der Waals surface area contributed by atoms with E-state index in [0.717, 1.165) is 11.8 Å². The molecule has 0 bridgehead atoms. The number of rotatable bonds is 4. The van der Waals surface area contributed by atoms with E-state index < -0.39 is 0 Å². The number of hydrogen-bond acceptors (Lipinski definition) is 1. The largest absolute Gasteiger partial charge is 0.354 e. The van der Waals surface area contributed by atoms with Gasteiger partial charge in [-0.15, -0.1) is 0 Å². The first kappa shape index (κ1) is 12.5. The molecule has 0 aliphatic heterocycles. The van der Waals surface area contributed by atoms with E-state index in [1.807, 2.05) is 0 Å². The molecule has 1 rings (SSSR count). The second-order valence-electron chi connectivity index (χ2n) is 5.18. The van der Waals surface area contributed by atoms with Crippen molar-refractivity contribution in [2.75, 3.05) is 0 Å². The summed E-state index contributed by atoms with van der Waals surface area (Å²) in [5.41, 5.74) is 0. The zero-order chi connectivity index (χ0) is 11.3. The highest BCUT2D eigenvalue weighted by Gasteiger charge is 2.23. The van der Waals surface area contributed by atoms with E-state index in [4.69, 9.17) is 0 Å². The molecule has 1 fully saturated rings. The molecule has 1 N–H and O–H groups in total. The molecule has 2 nitrogen and oxygen atoms in total. The second-order valence-corrected chi connectivity index (χ2v) is 5.18. The van der Waals surface area contributed by atoms with E-state index in [9.17, 15) is 4.79 Å². The van der Waals surface area contributed by atoms with Gasteiger partial charge < -0.3 is 5.32 Å². The van der Waals surface area contributed by atoms with Crippen molar-refractivity contribution in [3.8, 4) is 0 Å². The number of nitrogens with one attached hydrogen (secondary N) is 1. The number of carbonyl (C=O) groups excluding carboxylic acids is 1. The summed E-state index contributed by atoms with van der Waals surface area (Å²) in [6.07, 6.45) is 7.64. The minimum atomic E-state index is 0.129. The molecule has 0 heterocycles. The second kappa shape index (κ2) is 6.14. The van der Waals surface area contributed by atoms with E-state index in [-0.39, 0.29) is 5.91 Å². The van der Waals surface area contributed by atoms with Gasteiger partial charge in [-0.25, -0.2) is 0 Å². The topological polar surface area (TPSA) is 29.1 Å². The number of amides is 1. The summed E-state index contributed by atoms with van der Waals surface area (Å²) in [7, 11) is 0. The smallest absolute Gasteiger partial charge is 0.217 e. The normalized spacial score (nSPS) is 28.5. The molecular weight excluding hydrogens is 186 g/mol. The van der Waals surface area contributed by atoms with Crippen LogP contribution in [0.1, 0.15) is 59.3 Å². The minimum Gasteiger partial charge on any atom is -0.354 e. The highest BCUT2D eigenvalue weighted by molar-refractivity contribution is 5.73. The molecule has 0 radical (unpaired) electrons. The molecule has 3 atom stereocenters. The Morgan fingerprint density at radius 2 is 2.20 bits per heavy atom. The molecule has 0 saturated heterocycles. The molecule has 0 spiro atoms. The van der Waals surface area contributed by atoms with Gasteiger partial charge in [0.1, 0.15) is 0 Å². The van der Waals surface area contributed by atoms with E-state index in [1.165, 1.54) is 38.5 Å². The lowest BCUT2D eigenvalue weighted by molar-refractivity contribution is -0.119. The Hall–Kier alpha value is -0.530. The van der Waals surface area contributed by atoms with Crippen molar-refractivity contribution in [3.63, 3.8) is 0 Å². The number of hydrogen-bond donors (Lipinski definition) is 1. The molecule has 2 heteroatoms. The predicted molar refractivity (Wildman–Crippen MR) is 63.6 cm³/mol. The van der Waals surface area contributed by atoms with Crippen molar-refractivity contribution < 1.29 is 4.79 Å². The Bertz CT molecular complexity index is 203. The maximum Gasteiger partial charge on any atom is 0.217 e. The Labute approximate surface area is 93.8 Å². The number of carbonyl (C=O) groups is 1. The van der Waals surface area contributed by atoms with Crippen LogP contribution in [0.5, 0.6) is 0 Å². The quantitative estimate of drug-likeness (QED) is 0.760. The minimum absolute atomic E-state index is 0.129. The summed E-state index contributed by atoms with van der Waals surface area (Å²) in [6, 6.07) is 0.449. The SMILES string of the molecule is CCC(C)CC1CCCC(NC(C)=O)C1. The summed E-state index contributed by atoms with van der Waals surface area (Å²) in [5.74, 6) is 1.81. The van der Waals surface area contributed by atoms with E-state index in [1.54, 1.807) is 6.92 Å². The molecule has 1 aliphatic carbocycles. The van der Waals surface area contributed by atoms with Gasteiger partial charge in [0.15, 0.2) is 0 Å². The Morgan fingerprint density at radius 1 is 1.47 bits per heavy atom. The van der Waals surface area contributed by atoms with Gasteiger partial charge in [-0.05, 0) is 31.1 Å². The van der Waals surface area contributed by atoms with Crippen molar-refractivity contribution in [3.05, 3.63) is 0 Å². The molecule has 0 aromatic heterocycles. The fraction of sp³-hybridized carbons (Fsp3) is 0.923. The predicted octanol–water partition coefficient (Wildman–Crippen LogP) is 3.12. The standard InChI is InChI=1S/C13H25NO/c1-4-10(2)8-12-6-5-7-13(9-12)14-11(3)15/h10,12-13H,4-9H2,1-3H3,(H,14,15). The van der Waals surface area contributed by atoms with Crippen LogP contribution in [-0.4, -0.2) is 11.9 Å². The fourth-order valence-corrected chi connectivity index (χ4v) is 2.66. The fourth-order valence-electron chi connectivity index (χ4n) is 2.66. The van der Waals surface area contributed by atoms with Crippen LogP contribution < -0.4 is 5.32 Å². The Morgan fingerprint density at radius 3 is 2.80 bits per heavy atom. The summed E-state index contributed by atoms with van der Waals surface area (Å²) < 4.78 is 0. The lowest BCUT2D eigenvalue weighted by atomic mass is 9.80. The van der Waals surface area contributed by atoms with Gasteiger partial charge in [0.2, 0.25) is 5.91 Å². The van der Waals surface area contributed by atoms with Crippen LogP contribution in [-0.2, 0) is 4.79 Å². The first-order chi connectivity index (χ1) is 7.11. The average Bonchev–Trinajstić information content (AvgIpc) is 2.17. The highest BCUT2D eigenvalue weighted by Crippen LogP contribution is 2.30. The zero-order valence-corrected chi connectivity index (χ0v) is 10.4. The van der Waals surface area contributed by atoms with Crippen LogP contribution in [0.4, 0.5) is 0 Å². The van der Waals surface area contributed by atoms with Crippen LogP contribution in [0.25, 0.3) is 0 Å². The summed E-state index contributed by atoms with van der Waals surface area (Å²) in [4.78, 5) is 11.0. The lowest BCUT2D eigenvalue weighted by Gasteiger charge is -2.30. The van der Waals surface area contributed by atoms with Crippen molar-refractivity contribution in [1.29, 1.82) is 0 Å². The summed E-state index contributed by atoms with van der Waals surface area (Å²) in [5, 5.41) is 3.06. The highest BCUT2D eigenvalue weighted by atomic mass is 16.1. The molecular formula is C13H25NO. The van der Waals surface area contributed by atoms with Gasteiger partial charge in [0.05, 0.1) is 0 Å². The van der Waals surface area contributed by atoms with E-state index in [2.05, 4.69) is 19.2 Å². The first-order valence-electron chi connectivity index (χ1n) is 6.38. The van der Waals surface area contributed by atoms with E-state index >= 15 is 0 Å².